The first-order chi connectivity index (χ1) is 2.77. The first kappa shape index (κ1) is 6.42. The molecular formula is CHLaO4. The normalized spacial score (nSPS) is 7.17. The van der Waals surface area contributed by atoms with Gasteiger partial charge in [-0.2, -0.15) is 0 Å². The van der Waals surface area contributed by atoms with Crippen LogP contribution in [0.1, 0.15) is 0 Å². The van der Waals surface area contributed by atoms with Crippen LogP contribution in [0.5, 0.6) is 0 Å². The van der Waals surface area contributed by atoms with Gasteiger partial charge in [0.2, 0.25) is 0 Å². The minimum absolute atomic E-state index is 0.117. The second kappa shape index (κ2) is 3.61. The Bertz CT molecular complexity index is 51.5. The van der Waals surface area contributed by atoms with Crippen molar-refractivity contribution in [1.82, 2.24) is 0 Å². The van der Waals surface area contributed by atoms with Crippen LogP contribution in [0.25, 0.3) is 0 Å². The summed E-state index contributed by atoms with van der Waals surface area (Å²) in [6.45, 7) is 0. The van der Waals surface area contributed by atoms with E-state index >= 15 is 0 Å². The fourth-order valence-electron chi connectivity index (χ4n) is 0.0412. The first-order valence-electron chi connectivity index (χ1n) is 1.03. The topological polar surface area (TPSA) is 55.8 Å². The van der Waals surface area contributed by atoms with E-state index in [4.69, 9.17) is 5.11 Å². The van der Waals surface area contributed by atoms with Crippen LogP contribution in [0.15, 0.2) is 0 Å². The van der Waals surface area contributed by atoms with E-state index < -0.39 is 6.16 Å². The molecule has 4 nitrogen and oxygen atoms in total. The van der Waals surface area contributed by atoms with Gasteiger partial charge in [-0.15, -0.1) is 0 Å². The molecule has 0 unspecified atom stereocenters. The molecule has 0 saturated heterocycles. The Labute approximate surface area is 56.9 Å². The van der Waals surface area contributed by atoms with E-state index in [2.05, 4.69) is 6.74 Å². The Morgan fingerprint density at radius 1 is 1.83 bits per heavy atom. The summed E-state index contributed by atoms with van der Waals surface area (Å²) in [5.41, 5.74) is 0. The van der Waals surface area contributed by atoms with E-state index in [0.29, 0.717) is 0 Å². The summed E-state index contributed by atoms with van der Waals surface area (Å²) in [4.78, 5) is 12.8. The van der Waals surface area contributed by atoms with Gasteiger partial charge in [-0.1, -0.05) is 0 Å². The van der Waals surface area contributed by atoms with Crippen LogP contribution in [-0.2, 0) is 6.74 Å². The van der Waals surface area contributed by atoms with Crippen molar-refractivity contribution in [3.05, 3.63) is 0 Å². The SMILES string of the molecule is O=C(O)O[O][La]. The monoisotopic (exact) mass is 216 g/mol. The van der Waals surface area contributed by atoms with Gasteiger partial charge >= 0.3 is 57.1 Å². The molecule has 0 spiro atoms. The van der Waals surface area contributed by atoms with Crippen molar-refractivity contribution in [2.75, 3.05) is 0 Å². The Morgan fingerprint density at radius 2 is 2.33 bits per heavy atom. The zero-order valence-electron chi connectivity index (χ0n) is 2.75. The Morgan fingerprint density at radius 3 is 2.33 bits per heavy atom. The molecule has 6 heavy (non-hydrogen) atoms. The van der Waals surface area contributed by atoms with Crippen LogP contribution in [0.3, 0.4) is 0 Å². The van der Waals surface area contributed by atoms with E-state index in [1.54, 1.807) is 0 Å². The minimum atomic E-state index is -1.39. The van der Waals surface area contributed by atoms with E-state index in [9.17, 15) is 4.79 Å². The van der Waals surface area contributed by atoms with Crippen LogP contribution in [0, 0.1) is 34.3 Å². The molecule has 0 aromatic carbocycles. The number of hydrogen-bond acceptors (Lipinski definition) is 3. The third-order valence-electron chi connectivity index (χ3n) is 0.119. The number of hydrogen-bond donors (Lipinski definition) is 1. The fourth-order valence-corrected chi connectivity index (χ4v) is 0.300. The van der Waals surface area contributed by atoms with Crippen molar-refractivity contribution in [3.8, 4) is 0 Å². The Balaban J connectivity index is 2.83. The summed E-state index contributed by atoms with van der Waals surface area (Å²) < 4.78 is 3.87. The number of carbonyl (C=O) groups is 1. The zero-order valence-corrected chi connectivity index (χ0v) is 6.38. The second-order valence-corrected chi connectivity index (χ2v) is 1.05. The van der Waals surface area contributed by atoms with Gasteiger partial charge in [0, 0.05) is 0 Å². The maximum absolute atomic E-state index is 9.28. The van der Waals surface area contributed by atoms with Gasteiger partial charge in [-0.3, -0.25) is 0 Å². The van der Waals surface area contributed by atoms with Crippen molar-refractivity contribution in [1.29, 1.82) is 0 Å². The quantitative estimate of drug-likeness (QED) is 0.498. The van der Waals surface area contributed by atoms with Gasteiger partial charge in [-0.25, -0.2) is 0 Å². The van der Waals surface area contributed by atoms with Crippen molar-refractivity contribution < 1.29 is 50.9 Å². The fraction of sp³-hybridized carbons (Fsp3) is 0. The average molecular weight is 216 g/mol. The summed E-state index contributed by atoms with van der Waals surface area (Å²) in [7, 11) is 0. The van der Waals surface area contributed by atoms with Crippen molar-refractivity contribution in [3.63, 3.8) is 0 Å². The van der Waals surface area contributed by atoms with Crippen LogP contribution in [0.2, 0.25) is 0 Å². The van der Waals surface area contributed by atoms with Crippen molar-refractivity contribution in [2.45, 2.75) is 0 Å². The molecule has 0 radical (unpaired) electrons. The molecule has 0 saturated carbocycles. The van der Waals surface area contributed by atoms with Crippen LogP contribution in [0.4, 0.5) is 4.79 Å². The van der Waals surface area contributed by atoms with E-state index in [1.165, 1.54) is 0 Å². The second-order valence-electron chi connectivity index (χ2n) is 0.445. The van der Waals surface area contributed by atoms with Gasteiger partial charge in [0.05, 0.1) is 0 Å². The first-order valence-corrected chi connectivity index (χ1v) is 2.51. The molecular weight excluding hydrogens is 215 g/mol. The van der Waals surface area contributed by atoms with Gasteiger partial charge in [-0.05, 0) is 0 Å². The standard InChI is InChI=1S/CH2O4.La/c2-1(3)5-4;/h4H,(H,2,3);/q;+1/p-1. The molecule has 5 heteroatoms. The Hall–Kier alpha value is 0.425. The molecule has 0 aromatic heterocycles. The van der Waals surface area contributed by atoms with Gasteiger partial charge in [0.15, 0.2) is 0 Å². The van der Waals surface area contributed by atoms with Crippen LogP contribution in [-0.4, -0.2) is 11.3 Å². The predicted octanol–water partition coefficient (Wildman–Crippen LogP) is 0.0769. The van der Waals surface area contributed by atoms with Gasteiger partial charge in [0.1, 0.15) is 0 Å². The molecule has 0 aliphatic rings. The average Bonchev–Trinajstić information content (AvgIpc) is 1.35. The zero-order chi connectivity index (χ0) is 4.99. The number of rotatable bonds is 1. The Kier molecular flexibility index (Phi) is 3.86. The summed E-state index contributed by atoms with van der Waals surface area (Å²) in [5, 5.41) is 7.59. The van der Waals surface area contributed by atoms with Crippen LogP contribution < -0.4 is 0 Å². The molecule has 0 fully saturated rings. The molecule has 0 amide bonds. The summed E-state index contributed by atoms with van der Waals surface area (Å²) >= 11 is 0.117. The molecule has 0 aromatic rings. The molecule has 0 aliphatic carbocycles. The summed E-state index contributed by atoms with van der Waals surface area (Å²) in [6, 6.07) is 0. The van der Waals surface area contributed by atoms with Crippen molar-refractivity contribution >= 4 is 6.16 Å². The molecule has 0 heterocycles. The van der Waals surface area contributed by atoms with E-state index in [1.807, 2.05) is 0 Å². The van der Waals surface area contributed by atoms with Gasteiger partial charge in [0.25, 0.3) is 0 Å². The predicted molar refractivity (Wildman–Crippen MR) is 10.2 cm³/mol. The molecule has 32 valence electrons. The molecule has 0 bridgehead atoms. The van der Waals surface area contributed by atoms with E-state index in [0.717, 1.165) is 0 Å². The molecule has 1 N–H and O–H groups in total. The van der Waals surface area contributed by atoms with E-state index in [-0.39, 0.29) is 34.3 Å². The maximum atomic E-state index is 9.28. The molecule has 0 atom stereocenters. The molecule has 0 rings (SSSR count). The van der Waals surface area contributed by atoms with Crippen molar-refractivity contribution in [2.24, 2.45) is 0 Å². The van der Waals surface area contributed by atoms with Crippen LogP contribution >= 0.6 is 0 Å². The summed E-state index contributed by atoms with van der Waals surface area (Å²) in [5.74, 6) is 0. The summed E-state index contributed by atoms with van der Waals surface area (Å²) in [6.07, 6.45) is -1.39. The van der Waals surface area contributed by atoms with Gasteiger partial charge < -0.3 is 0 Å². The molecule has 0 aliphatic heterocycles. The third kappa shape index (κ3) is 4.42. The third-order valence-corrected chi connectivity index (χ3v) is 0.422. The number of carboxylic acid groups (broad SMARTS) is 1.